The van der Waals surface area contributed by atoms with E-state index in [0.29, 0.717) is 23.9 Å². The molecule has 1 aliphatic carbocycles. The maximum atomic E-state index is 12.5. The summed E-state index contributed by atoms with van der Waals surface area (Å²) in [7, 11) is 1.66. The van der Waals surface area contributed by atoms with Gasteiger partial charge in [-0.15, -0.1) is 35.3 Å². The second kappa shape index (κ2) is 11.2. The first kappa shape index (κ1) is 22.4. The van der Waals surface area contributed by atoms with Crippen molar-refractivity contribution in [3.05, 3.63) is 16.1 Å². The third-order valence-corrected chi connectivity index (χ3v) is 4.41. The van der Waals surface area contributed by atoms with Gasteiger partial charge < -0.3 is 15.4 Å². The number of halogens is 4. The standard InChI is InChI=1S/C15H23F3N4OS.HI/c1-19-14(20-6-2-8-23-9-11-3-4-11)21-7-5-13-22-12(10-24-13)15(16,17)18;/h10-11H,2-9H2,1H3,(H2,19,20,21);1H. The highest BCUT2D eigenvalue weighted by molar-refractivity contribution is 14.0. The van der Waals surface area contributed by atoms with Gasteiger partial charge in [0, 0.05) is 45.2 Å². The molecule has 1 aliphatic rings. The predicted molar refractivity (Wildman–Crippen MR) is 104 cm³/mol. The largest absolute Gasteiger partial charge is 0.434 e. The molecule has 1 fully saturated rings. The van der Waals surface area contributed by atoms with E-state index in [1.165, 1.54) is 12.8 Å². The number of hydrogen-bond donors (Lipinski definition) is 2. The molecular formula is C15H24F3IN4OS. The Bertz CT molecular complexity index is 535. The molecule has 144 valence electrons. The van der Waals surface area contributed by atoms with Crippen LogP contribution in [0.1, 0.15) is 30.0 Å². The summed E-state index contributed by atoms with van der Waals surface area (Å²) in [5, 5.41) is 7.72. The van der Waals surface area contributed by atoms with E-state index in [1.807, 2.05) is 0 Å². The number of guanidine groups is 1. The van der Waals surface area contributed by atoms with Gasteiger partial charge in [-0.25, -0.2) is 4.98 Å². The fourth-order valence-electron chi connectivity index (χ4n) is 1.98. The molecule has 0 aliphatic heterocycles. The van der Waals surface area contributed by atoms with E-state index in [9.17, 15) is 13.2 Å². The van der Waals surface area contributed by atoms with Crippen molar-refractivity contribution < 1.29 is 17.9 Å². The third kappa shape index (κ3) is 9.04. The van der Waals surface area contributed by atoms with Crippen LogP contribution in [0.15, 0.2) is 10.4 Å². The Morgan fingerprint density at radius 3 is 2.68 bits per heavy atom. The second-order valence-electron chi connectivity index (χ2n) is 5.67. The van der Waals surface area contributed by atoms with Gasteiger partial charge in [-0.1, -0.05) is 0 Å². The van der Waals surface area contributed by atoms with Gasteiger partial charge in [-0.3, -0.25) is 4.99 Å². The van der Waals surface area contributed by atoms with Crippen molar-refractivity contribution in [2.75, 3.05) is 33.4 Å². The molecule has 0 aromatic carbocycles. The minimum absolute atomic E-state index is 0. The molecule has 0 amide bonds. The van der Waals surface area contributed by atoms with Crippen LogP contribution in [0.4, 0.5) is 13.2 Å². The van der Waals surface area contributed by atoms with Gasteiger partial charge in [0.2, 0.25) is 0 Å². The molecule has 25 heavy (non-hydrogen) atoms. The van der Waals surface area contributed by atoms with Crippen LogP contribution in [-0.2, 0) is 17.3 Å². The Morgan fingerprint density at radius 1 is 1.36 bits per heavy atom. The number of rotatable bonds is 9. The quantitative estimate of drug-likeness (QED) is 0.241. The summed E-state index contributed by atoms with van der Waals surface area (Å²) in [6.07, 6.45) is -0.487. The maximum Gasteiger partial charge on any atom is 0.434 e. The number of alkyl halides is 3. The summed E-state index contributed by atoms with van der Waals surface area (Å²) in [5.41, 5.74) is -0.823. The molecule has 0 spiro atoms. The van der Waals surface area contributed by atoms with E-state index in [0.717, 1.165) is 48.8 Å². The van der Waals surface area contributed by atoms with Crippen molar-refractivity contribution in [1.29, 1.82) is 0 Å². The zero-order valence-corrected chi connectivity index (χ0v) is 17.2. The Kier molecular flexibility index (Phi) is 10.0. The van der Waals surface area contributed by atoms with E-state index >= 15 is 0 Å². The van der Waals surface area contributed by atoms with Gasteiger partial charge in [0.05, 0.1) is 5.01 Å². The van der Waals surface area contributed by atoms with E-state index in [-0.39, 0.29) is 24.0 Å². The summed E-state index contributed by atoms with van der Waals surface area (Å²) in [4.78, 5) is 7.67. The molecule has 5 nitrogen and oxygen atoms in total. The van der Waals surface area contributed by atoms with Crippen LogP contribution >= 0.6 is 35.3 Å². The summed E-state index contributed by atoms with van der Waals surface area (Å²) in [6, 6.07) is 0. The van der Waals surface area contributed by atoms with Crippen LogP contribution in [0, 0.1) is 5.92 Å². The lowest BCUT2D eigenvalue weighted by Crippen LogP contribution is -2.39. The highest BCUT2D eigenvalue weighted by atomic mass is 127. The minimum atomic E-state index is -4.37. The molecule has 1 heterocycles. The fraction of sp³-hybridized carbons (Fsp3) is 0.733. The van der Waals surface area contributed by atoms with Gasteiger partial charge >= 0.3 is 6.18 Å². The molecule has 0 unspecified atom stereocenters. The molecule has 0 radical (unpaired) electrons. The first-order valence-electron chi connectivity index (χ1n) is 8.03. The average Bonchev–Trinajstić information content (AvgIpc) is 3.23. The summed E-state index contributed by atoms with van der Waals surface area (Å²) in [6.45, 7) is 2.79. The molecule has 1 aromatic rings. The summed E-state index contributed by atoms with van der Waals surface area (Å²) >= 11 is 1.02. The summed E-state index contributed by atoms with van der Waals surface area (Å²) in [5.74, 6) is 1.40. The molecule has 0 atom stereocenters. The molecule has 0 saturated heterocycles. The summed E-state index contributed by atoms with van der Waals surface area (Å²) < 4.78 is 43.0. The fourth-order valence-corrected chi connectivity index (χ4v) is 2.78. The minimum Gasteiger partial charge on any atom is -0.381 e. The van der Waals surface area contributed by atoms with Crippen molar-refractivity contribution in [2.45, 2.75) is 31.9 Å². The van der Waals surface area contributed by atoms with Crippen molar-refractivity contribution >= 4 is 41.3 Å². The molecule has 10 heteroatoms. The highest BCUT2D eigenvalue weighted by Gasteiger charge is 2.33. The highest BCUT2D eigenvalue weighted by Crippen LogP contribution is 2.30. The van der Waals surface area contributed by atoms with Crippen LogP contribution in [0.2, 0.25) is 0 Å². The number of aromatic nitrogens is 1. The Morgan fingerprint density at radius 2 is 2.08 bits per heavy atom. The van der Waals surface area contributed by atoms with Crippen molar-refractivity contribution in [1.82, 2.24) is 15.6 Å². The molecule has 2 rings (SSSR count). The molecule has 1 saturated carbocycles. The second-order valence-corrected chi connectivity index (χ2v) is 6.61. The van der Waals surface area contributed by atoms with Gasteiger partial charge in [0.15, 0.2) is 11.7 Å². The zero-order valence-electron chi connectivity index (χ0n) is 14.1. The van der Waals surface area contributed by atoms with E-state index in [2.05, 4.69) is 20.6 Å². The number of nitrogens with zero attached hydrogens (tertiary/aromatic N) is 2. The van der Waals surface area contributed by atoms with Crippen molar-refractivity contribution in [3.8, 4) is 0 Å². The Labute approximate surface area is 166 Å². The SMILES string of the molecule is CN=C(NCCCOCC1CC1)NCCc1nc(C(F)(F)F)cs1.I. The molecular weight excluding hydrogens is 468 g/mol. The topological polar surface area (TPSA) is 58.5 Å². The van der Waals surface area contributed by atoms with Crippen LogP contribution < -0.4 is 10.6 Å². The number of nitrogens with one attached hydrogen (secondary N) is 2. The van der Waals surface area contributed by atoms with Gasteiger partial charge in [-0.2, -0.15) is 13.2 Å². The first-order valence-corrected chi connectivity index (χ1v) is 8.91. The van der Waals surface area contributed by atoms with Crippen molar-refractivity contribution in [2.24, 2.45) is 10.9 Å². The zero-order chi connectivity index (χ0) is 17.4. The number of aliphatic imine (C=N–C) groups is 1. The molecule has 2 N–H and O–H groups in total. The monoisotopic (exact) mass is 492 g/mol. The number of hydrogen-bond acceptors (Lipinski definition) is 4. The van der Waals surface area contributed by atoms with Gasteiger partial charge in [-0.05, 0) is 25.2 Å². The van der Waals surface area contributed by atoms with Crippen LogP contribution in [0.3, 0.4) is 0 Å². The predicted octanol–water partition coefficient (Wildman–Crippen LogP) is 3.30. The maximum absolute atomic E-state index is 12.5. The van der Waals surface area contributed by atoms with Gasteiger partial charge in [0.25, 0.3) is 0 Å². The van der Waals surface area contributed by atoms with Crippen LogP contribution in [0.25, 0.3) is 0 Å². The van der Waals surface area contributed by atoms with Crippen LogP contribution in [0.5, 0.6) is 0 Å². The lowest BCUT2D eigenvalue weighted by atomic mass is 10.4. The number of ether oxygens (including phenoxy) is 1. The van der Waals surface area contributed by atoms with E-state index in [1.54, 1.807) is 7.05 Å². The third-order valence-electron chi connectivity index (χ3n) is 3.51. The lowest BCUT2D eigenvalue weighted by molar-refractivity contribution is -0.140. The van der Waals surface area contributed by atoms with Gasteiger partial charge in [0.1, 0.15) is 0 Å². The van der Waals surface area contributed by atoms with Crippen LogP contribution in [-0.4, -0.2) is 44.3 Å². The van der Waals surface area contributed by atoms with Crippen molar-refractivity contribution in [3.63, 3.8) is 0 Å². The van der Waals surface area contributed by atoms with E-state index in [4.69, 9.17) is 4.74 Å². The Hall–Kier alpha value is -0.620. The number of thiazole rings is 1. The first-order chi connectivity index (χ1) is 11.5. The lowest BCUT2D eigenvalue weighted by Gasteiger charge is -2.11. The molecule has 0 bridgehead atoms. The normalized spacial score (nSPS) is 15.0. The van der Waals surface area contributed by atoms with E-state index < -0.39 is 11.9 Å². The Balaban J connectivity index is 0.00000312. The molecule has 1 aromatic heterocycles. The average molecular weight is 492 g/mol. The smallest absolute Gasteiger partial charge is 0.381 e.